The molecule has 0 N–H and O–H groups in total. The average molecular weight is 257 g/mol. The molecule has 98 valence electrons. The molecule has 0 bridgehead atoms. The van der Waals surface area contributed by atoms with E-state index in [0.29, 0.717) is 18.6 Å². The summed E-state index contributed by atoms with van der Waals surface area (Å²) in [5.41, 5.74) is 2.27. The van der Waals surface area contributed by atoms with E-state index < -0.39 is 0 Å². The second-order valence-corrected chi connectivity index (χ2v) is 4.05. The minimum Gasteiger partial charge on any atom is -0.462 e. The van der Waals surface area contributed by atoms with Crippen molar-refractivity contribution in [1.82, 2.24) is 14.8 Å². The van der Waals surface area contributed by atoms with Gasteiger partial charge in [0.2, 0.25) is 0 Å². The van der Waals surface area contributed by atoms with Gasteiger partial charge in [-0.2, -0.15) is 5.10 Å². The second kappa shape index (κ2) is 5.95. The summed E-state index contributed by atoms with van der Waals surface area (Å²) in [6, 6.07) is 5.42. The summed E-state index contributed by atoms with van der Waals surface area (Å²) < 4.78 is 6.77. The van der Waals surface area contributed by atoms with Crippen LogP contribution < -0.4 is 0 Å². The smallest absolute Gasteiger partial charge is 0.338 e. The maximum atomic E-state index is 11.8. The topological polar surface area (TPSA) is 57.0 Å². The zero-order valence-electron chi connectivity index (χ0n) is 10.7. The first-order valence-corrected chi connectivity index (χ1v) is 5.96. The first kappa shape index (κ1) is 13.0. The lowest BCUT2D eigenvalue weighted by Gasteiger charge is -2.08. The molecule has 0 aliphatic carbocycles. The summed E-state index contributed by atoms with van der Waals surface area (Å²) in [5.74, 6) is -0.315. The number of nitrogens with zero attached hydrogens (tertiary/aromatic N) is 3. The SMILES string of the molecule is C=CCCOC(=O)c1ccc(-n2cncn2)cc1C. The van der Waals surface area contributed by atoms with Crippen molar-refractivity contribution in [2.75, 3.05) is 6.61 Å². The summed E-state index contributed by atoms with van der Waals surface area (Å²) in [5, 5.41) is 4.04. The van der Waals surface area contributed by atoms with Crippen molar-refractivity contribution in [2.45, 2.75) is 13.3 Å². The van der Waals surface area contributed by atoms with E-state index in [9.17, 15) is 4.79 Å². The van der Waals surface area contributed by atoms with E-state index in [4.69, 9.17) is 4.74 Å². The maximum absolute atomic E-state index is 11.8. The van der Waals surface area contributed by atoms with Crippen molar-refractivity contribution in [3.8, 4) is 5.69 Å². The van der Waals surface area contributed by atoms with E-state index in [0.717, 1.165) is 11.3 Å². The van der Waals surface area contributed by atoms with E-state index in [1.165, 1.54) is 6.33 Å². The Bertz CT molecular complexity index is 576. The molecule has 2 rings (SSSR count). The average Bonchev–Trinajstić information content (AvgIpc) is 2.92. The Kier molecular flexibility index (Phi) is 4.07. The molecule has 5 heteroatoms. The van der Waals surface area contributed by atoms with Gasteiger partial charge in [-0.3, -0.25) is 0 Å². The number of hydrogen-bond acceptors (Lipinski definition) is 4. The lowest BCUT2D eigenvalue weighted by molar-refractivity contribution is 0.0511. The van der Waals surface area contributed by atoms with Gasteiger partial charge in [0.15, 0.2) is 0 Å². The Morgan fingerprint density at radius 1 is 1.53 bits per heavy atom. The molecule has 2 aromatic rings. The second-order valence-electron chi connectivity index (χ2n) is 4.05. The number of rotatable bonds is 5. The number of aryl methyl sites for hydroxylation is 1. The van der Waals surface area contributed by atoms with Crippen molar-refractivity contribution < 1.29 is 9.53 Å². The Balaban J connectivity index is 2.15. The van der Waals surface area contributed by atoms with Crippen LogP contribution in [0.2, 0.25) is 0 Å². The Morgan fingerprint density at radius 3 is 3.00 bits per heavy atom. The van der Waals surface area contributed by atoms with Gasteiger partial charge in [0.25, 0.3) is 0 Å². The summed E-state index contributed by atoms with van der Waals surface area (Å²) in [6.07, 6.45) is 5.44. The predicted molar refractivity (Wildman–Crippen MR) is 71.2 cm³/mol. The van der Waals surface area contributed by atoms with E-state index in [1.807, 2.05) is 19.1 Å². The van der Waals surface area contributed by atoms with Crippen LogP contribution in [0.1, 0.15) is 22.3 Å². The minimum absolute atomic E-state index is 0.315. The van der Waals surface area contributed by atoms with E-state index in [2.05, 4.69) is 16.7 Å². The molecule has 0 saturated heterocycles. The predicted octanol–water partition coefficient (Wildman–Crippen LogP) is 2.31. The first-order chi connectivity index (χ1) is 9.22. The van der Waals surface area contributed by atoms with Crippen LogP contribution in [0.3, 0.4) is 0 Å². The van der Waals surface area contributed by atoms with Crippen molar-refractivity contribution in [3.63, 3.8) is 0 Å². The van der Waals surface area contributed by atoms with Gasteiger partial charge < -0.3 is 4.74 Å². The number of ether oxygens (including phenoxy) is 1. The number of aromatic nitrogens is 3. The van der Waals surface area contributed by atoms with Gasteiger partial charge in [-0.1, -0.05) is 6.08 Å². The first-order valence-electron chi connectivity index (χ1n) is 5.96. The van der Waals surface area contributed by atoms with Gasteiger partial charge in [0, 0.05) is 0 Å². The Labute approximate surface area is 111 Å². The van der Waals surface area contributed by atoms with Crippen molar-refractivity contribution >= 4 is 5.97 Å². The number of esters is 1. The van der Waals surface area contributed by atoms with Crippen molar-refractivity contribution in [3.05, 3.63) is 54.6 Å². The molecule has 0 fully saturated rings. The molecule has 0 aliphatic rings. The van der Waals surface area contributed by atoms with Crippen molar-refractivity contribution in [2.24, 2.45) is 0 Å². The highest BCUT2D eigenvalue weighted by Crippen LogP contribution is 2.15. The molecular weight excluding hydrogens is 242 g/mol. The fourth-order valence-corrected chi connectivity index (χ4v) is 1.67. The fourth-order valence-electron chi connectivity index (χ4n) is 1.67. The van der Waals surface area contributed by atoms with Gasteiger partial charge in [0.05, 0.1) is 17.9 Å². The zero-order valence-corrected chi connectivity index (χ0v) is 10.7. The number of carbonyl (C=O) groups excluding carboxylic acids is 1. The molecule has 1 heterocycles. The molecule has 0 radical (unpaired) electrons. The summed E-state index contributed by atoms with van der Waals surface area (Å²) in [4.78, 5) is 15.7. The third kappa shape index (κ3) is 3.07. The highest BCUT2D eigenvalue weighted by atomic mass is 16.5. The molecule has 0 spiro atoms. The molecule has 0 amide bonds. The molecule has 0 unspecified atom stereocenters. The summed E-state index contributed by atoms with van der Waals surface area (Å²) in [7, 11) is 0. The fraction of sp³-hybridized carbons (Fsp3) is 0.214. The number of benzene rings is 1. The molecule has 5 nitrogen and oxygen atoms in total. The van der Waals surface area contributed by atoms with Crippen LogP contribution in [0.15, 0.2) is 43.5 Å². The van der Waals surface area contributed by atoms with Crippen LogP contribution in [0.5, 0.6) is 0 Å². The van der Waals surface area contributed by atoms with Gasteiger partial charge in [0.1, 0.15) is 12.7 Å². The third-order valence-corrected chi connectivity index (χ3v) is 2.67. The normalized spacial score (nSPS) is 10.2. The van der Waals surface area contributed by atoms with Crippen LogP contribution in [0.25, 0.3) is 5.69 Å². The lowest BCUT2D eigenvalue weighted by Crippen LogP contribution is -2.08. The molecule has 0 saturated carbocycles. The van der Waals surface area contributed by atoms with Gasteiger partial charge >= 0.3 is 5.97 Å². The van der Waals surface area contributed by atoms with Crippen molar-refractivity contribution in [1.29, 1.82) is 0 Å². The number of carbonyl (C=O) groups is 1. The Hall–Kier alpha value is -2.43. The maximum Gasteiger partial charge on any atom is 0.338 e. The summed E-state index contributed by atoms with van der Waals surface area (Å²) in [6.45, 7) is 5.80. The lowest BCUT2D eigenvalue weighted by atomic mass is 10.1. The monoisotopic (exact) mass is 257 g/mol. The highest BCUT2D eigenvalue weighted by molar-refractivity contribution is 5.91. The molecule has 0 atom stereocenters. The van der Waals surface area contributed by atoms with Crippen LogP contribution >= 0.6 is 0 Å². The van der Waals surface area contributed by atoms with E-state index >= 15 is 0 Å². The highest BCUT2D eigenvalue weighted by Gasteiger charge is 2.11. The summed E-state index contributed by atoms with van der Waals surface area (Å²) >= 11 is 0. The zero-order chi connectivity index (χ0) is 13.7. The van der Waals surface area contributed by atoms with Crippen LogP contribution in [-0.2, 0) is 4.74 Å². The van der Waals surface area contributed by atoms with Crippen LogP contribution in [0, 0.1) is 6.92 Å². The standard InChI is InChI=1S/C14H15N3O2/c1-3-4-7-19-14(18)13-6-5-12(8-11(13)2)17-10-15-9-16-17/h3,5-6,8-10H,1,4,7H2,2H3. The Morgan fingerprint density at radius 2 is 2.37 bits per heavy atom. The van der Waals surface area contributed by atoms with E-state index in [-0.39, 0.29) is 5.97 Å². The molecule has 0 aliphatic heterocycles. The largest absolute Gasteiger partial charge is 0.462 e. The minimum atomic E-state index is -0.315. The quantitative estimate of drug-likeness (QED) is 0.468. The third-order valence-electron chi connectivity index (χ3n) is 2.67. The molecule has 1 aromatic heterocycles. The molecule has 1 aromatic carbocycles. The van der Waals surface area contributed by atoms with Crippen LogP contribution in [0.4, 0.5) is 0 Å². The number of hydrogen-bond donors (Lipinski definition) is 0. The van der Waals surface area contributed by atoms with Gasteiger partial charge in [-0.25, -0.2) is 14.5 Å². The molecular formula is C14H15N3O2. The van der Waals surface area contributed by atoms with E-state index in [1.54, 1.807) is 23.2 Å². The molecule has 19 heavy (non-hydrogen) atoms. The van der Waals surface area contributed by atoms with Crippen LogP contribution in [-0.4, -0.2) is 27.3 Å². The van der Waals surface area contributed by atoms with Gasteiger partial charge in [-0.15, -0.1) is 6.58 Å². The van der Waals surface area contributed by atoms with Gasteiger partial charge in [-0.05, 0) is 37.1 Å².